The lowest BCUT2D eigenvalue weighted by Gasteiger charge is -2.18. The van der Waals surface area contributed by atoms with Gasteiger partial charge in [-0.2, -0.15) is 0 Å². The molecular weight excluding hydrogens is 282 g/mol. The molecule has 1 N–H and O–H groups in total. The van der Waals surface area contributed by atoms with Crippen LogP contribution in [0.1, 0.15) is 32.8 Å². The third-order valence-corrected chi connectivity index (χ3v) is 2.98. The molecule has 0 saturated heterocycles. The average molecular weight is 309 g/mol. The molecule has 5 heteroatoms. The van der Waals surface area contributed by atoms with E-state index < -0.39 is 0 Å². The molecule has 0 fully saturated rings. The predicted octanol–water partition coefficient (Wildman–Crippen LogP) is 2.53. The smallest absolute Gasteiger partial charge is 0.293 e. The molecule has 0 amide bonds. The molecule has 0 radical (unpaired) electrons. The predicted molar refractivity (Wildman–Crippen MR) is 86.0 cm³/mol. The van der Waals surface area contributed by atoms with Gasteiger partial charge in [-0.05, 0) is 24.1 Å². The third-order valence-electron chi connectivity index (χ3n) is 2.98. The fraction of sp³-hybridized carbons (Fsp3) is 0.588. The van der Waals surface area contributed by atoms with Gasteiger partial charge in [-0.25, -0.2) is 0 Å². The van der Waals surface area contributed by atoms with Gasteiger partial charge in [-0.3, -0.25) is 4.79 Å². The topological polar surface area (TPSA) is 56.8 Å². The second-order valence-electron chi connectivity index (χ2n) is 5.42. The van der Waals surface area contributed by atoms with Crippen molar-refractivity contribution < 1.29 is 19.0 Å². The van der Waals surface area contributed by atoms with Crippen LogP contribution in [0.2, 0.25) is 0 Å². The highest BCUT2D eigenvalue weighted by atomic mass is 16.6. The molecule has 1 rings (SSSR count). The first-order chi connectivity index (χ1) is 10.7. The Labute approximate surface area is 132 Å². The van der Waals surface area contributed by atoms with E-state index >= 15 is 0 Å². The quantitative estimate of drug-likeness (QED) is 0.475. The molecule has 1 atom stereocenters. The molecule has 0 bridgehead atoms. The number of carbonyl (C=O) groups excluding carboxylic acids is 1. The molecule has 5 nitrogen and oxygen atoms in total. The summed E-state index contributed by atoms with van der Waals surface area (Å²) in [6.45, 7) is 8.90. The summed E-state index contributed by atoms with van der Waals surface area (Å²) >= 11 is 0. The van der Waals surface area contributed by atoms with Gasteiger partial charge in [0, 0.05) is 19.2 Å². The fourth-order valence-electron chi connectivity index (χ4n) is 1.80. The minimum atomic E-state index is -0.299. The second kappa shape index (κ2) is 11.0. The number of rotatable bonds is 12. The maximum Gasteiger partial charge on any atom is 0.293 e. The highest BCUT2D eigenvalue weighted by Gasteiger charge is 2.11. The molecule has 124 valence electrons. The zero-order chi connectivity index (χ0) is 16.2. The monoisotopic (exact) mass is 309 g/mol. The first-order valence-electron chi connectivity index (χ1n) is 7.77. The van der Waals surface area contributed by atoms with Crippen LogP contribution in [-0.2, 0) is 20.9 Å². The van der Waals surface area contributed by atoms with E-state index in [0.717, 1.165) is 24.3 Å². The molecule has 0 aliphatic heterocycles. The van der Waals surface area contributed by atoms with Gasteiger partial charge in [-0.1, -0.05) is 32.9 Å². The molecule has 1 aromatic rings. The standard InChI is InChI=1S/C17H27NO4/c1-4-9-20-11-15-5-7-16(8-6-15)21-12-17(22-13-19)10-18-14(2)3/h5-8,13-14,17-18H,4,9-12H2,1-3H3. The van der Waals surface area contributed by atoms with Crippen LogP contribution in [0, 0.1) is 0 Å². The van der Waals surface area contributed by atoms with E-state index in [4.69, 9.17) is 14.2 Å². The van der Waals surface area contributed by atoms with Crippen LogP contribution in [0.4, 0.5) is 0 Å². The SMILES string of the molecule is CCCOCc1ccc(OCC(CNC(C)C)OC=O)cc1. The normalized spacial score (nSPS) is 12.2. The zero-order valence-electron chi connectivity index (χ0n) is 13.7. The Bertz CT molecular complexity index is 406. The van der Waals surface area contributed by atoms with Crippen LogP contribution in [-0.4, -0.2) is 38.4 Å². The Morgan fingerprint density at radius 2 is 1.95 bits per heavy atom. The van der Waals surface area contributed by atoms with Crippen molar-refractivity contribution in [2.75, 3.05) is 19.8 Å². The van der Waals surface area contributed by atoms with E-state index in [1.807, 2.05) is 38.1 Å². The van der Waals surface area contributed by atoms with Gasteiger partial charge in [0.25, 0.3) is 6.47 Å². The first kappa shape index (κ1) is 18.5. The maximum absolute atomic E-state index is 10.5. The molecule has 1 aromatic carbocycles. The fourth-order valence-corrected chi connectivity index (χ4v) is 1.80. The van der Waals surface area contributed by atoms with Crippen LogP contribution in [0.3, 0.4) is 0 Å². The van der Waals surface area contributed by atoms with E-state index in [1.54, 1.807) is 0 Å². The molecule has 0 aliphatic carbocycles. The van der Waals surface area contributed by atoms with Crippen molar-refractivity contribution in [1.82, 2.24) is 5.32 Å². The number of hydrogen-bond acceptors (Lipinski definition) is 5. The van der Waals surface area contributed by atoms with E-state index in [-0.39, 0.29) is 6.10 Å². The number of benzene rings is 1. The lowest BCUT2D eigenvalue weighted by atomic mass is 10.2. The summed E-state index contributed by atoms with van der Waals surface area (Å²) in [5.74, 6) is 0.753. The van der Waals surface area contributed by atoms with Crippen LogP contribution in [0.25, 0.3) is 0 Å². The van der Waals surface area contributed by atoms with E-state index in [9.17, 15) is 4.79 Å². The van der Waals surface area contributed by atoms with Gasteiger partial charge < -0.3 is 19.5 Å². The summed E-state index contributed by atoms with van der Waals surface area (Å²) in [5.41, 5.74) is 1.11. The van der Waals surface area contributed by atoms with Crippen LogP contribution in [0.15, 0.2) is 24.3 Å². The summed E-state index contributed by atoms with van der Waals surface area (Å²) < 4.78 is 16.2. The Balaban J connectivity index is 2.39. The second-order valence-corrected chi connectivity index (χ2v) is 5.42. The van der Waals surface area contributed by atoms with Gasteiger partial charge in [-0.15, -0.1) is 0 Å². The number of ether oxygens (including phenoxy) is 3. The van der Waals surface area contributed by atoms with Crippen molar-refractivity contribution in [3.63, 3.8) is 0 Å². The van der Waals surface area contributed by atoms with Gasteiger partial charge in [0.05, 0.1) is 6.61 Å². The highest BCUT2D eigenvalue weighted by molar-refractivity contribution is 5.37. The Kier molecular flexibility index (Phi) is 9.26. The zero-order valence-corrected chi connectivity index (χ0v) is 13.7. The number of hydrogen-bond donors (Lipinski definition) is 1. The number of nitrogens with one attached hydrogen (secondary N) is 1. The highest BCUT2D eigenvalue weighted by Crippen LogP contribution is 2.13. The summed E-state index contributed by atoms with van der Waals surface area (Å²) in [6, 6.07) is 8.09. The molecule has 0 spiro atoms. The third kappa shape index (κ3) is 8.00. The van der Waals surface area contributed by atoms with E-state index in [2.05, 4.69) is 12.2 Å². The molecular formula is C17H27NO4. The Morgan fingerprint density at radius 1 is 1.23 bits per heavy atom. The minimum Gasteiger partial charge on any atom is -0.490 e. The van der Waals surface area contributed by atoms with Crippen molar-refractivity contribution in [3.8, 4) is 5.75 Å². The Hall–Kier alpha value is -1.59. The number of carbonyl (C=O) groups is 1. The average Bonchev–Trinajstić information content (AvgIpc) is 2.51. The lowest BCUT2D eigenvalue weighted by molar-refractivity contribution is -0.134. The molecule has 1 unspecified atom stereocenters. The van der Waals surface area contributed by atoms with Crippen molar-refractivity contribution in [2.45, 2.75) is 45.9 Å². The minimum absolute atomic E-state index is 0.299. The lowest BCUT2D eigenvalue weighted by Crippen LogP contribution is -2.36. The molecule has 22 heavy (non-hydrogen) atoms. The molecule has 0 aliphatic rings. The van der Waals surface area contributed by atoms with Crippen molar-refractivity contribution in [3.05, 3.63) is 29.8 Å². The Morgan fingerprint density at radius 3 is 2.55 bits per heavy atom. The van der Waals surface area contributed by atoms with Gasteiger partial charge in [0.15, 0.2) is 0 Å². The first-order valence-corrected chi connectivity index (χ1v) is 7.77. The van der Waals surface area contributed by atoms with Gasteiger partial charge >= 0.3 is 0 Å². The summed E-state index contributed by atoms with van der Waals surface area (Å²) in [4.78, 5) is 10.5. The summed E-state index contributed by atoms with van der Waals surface area (Å²) in [5, 5.41) is 3.22. The summed E-state index contributed by atoms with van der Waals surface area (Å²) in [7, 11) is 0. The van der Waals surface area contributed by atoms with Gasteiger partial charge in [0.1, 0.15) is 18.5 Å². The van der Waals surface area contributed by atoms with Crippen LogP contribution < -0.4 is 10.1 Å². The molecule has 0 aromatic heterocycles. The van der Waals surface area contributed by atoms with Crippen molar-refractivity contribution in [2.24, 2.45) is 0 Å². The van der Waals surface area contributed by atoms with Gasteiger partial charge in [0.2, 0.25) is 0 Å². The molecule has 0 heterocycles. The molecule has 0 saturated carbocycles. The van der Waals surface area contributed by atoms with Crippen molar-refractivity contribution >= 4 is 6.47 Å². The van der Waals surface area contributed by atoms with E-state index in [0.29, 0.717) is 32.3 Å². The maximum atomic E-state index is 10.5. The largest absolute Gasteiger partial charge is 0.490 e. The summed E-state index contributed by atoms with van der Waals surface area (Å²) in [6.07, 6.45) is 0.719. The van der Waals surface area contributed by atoms with E-state index in [1.165, 1.54) is 0 Å². The van der Waals surface area contributed by atoms with Crippen molar-refractivity contribution in [1.29, 1.82) is 0 Å². The van der Waals surface area contributed by atoms with Crippen LogP contribution >= 0.6 is 0 Å². The van der Waals surface area contributed by atoms with Crippen LogP contribution in [0.5, 0.6) is 5.75 Å².